The van der Waals surface area contributed by atoms with E-state index in [2.05, 4.69) is 47.4 Å². The molecule has 2 aromatic rings. The van der Waals surface area contributed by atoms with E-state index in [1.54, 1.807) is 7.11 Å². The Kier molecular flexibility index (Phi) is 10.8. The minimum Gasteiger partial charge on any atom is -0.497 e. The third kappa shape index (κ3) is 10.5. The van der Waals surface area contributed by atoms with Gasteiger partial charge in [0.1, 0.15) is 5.75 Å². The number of hydrogen-bond donors (Lipinski definition) is 2. The van der Waals surface area contributed by atoms with Crippen LogP contribution in [0.2, 0.25) is 0 Å². The van der Waals surface area contributed by atoms with Gasteiger partial charge in [0.2, 0.25) is 0 Å². The molecule has 3 N–H and O–H groups in total. The number of rotatable bonds is 9. The van der Waals surface area contributed by atoms with Crippen molar-refractivity contribution in [2.45, 2.75) is 32.1 Å². The second-order valence-electron chi connectivity index (χ2n) is 6.34. The number of alkyl halides is 3. The molecule has 160 valence electrons. The lowest BCUT2D eigenvalue weighted by atomic mass is 10.1. The lowest BCUT2D eigenvalue weighted by Gasteiger charge is -2.22. The SMILES string of the molecule is COc1ccc(CN(CCCCN)Cc2ccccc2)cc1.O=C(O)C(F)(F)F. The van der Waals surface area contributed by atoms with E-state index in [9.17, 15) is 13.2 Å². The van der Waals surface area contributed by atoms with E-state index < -0.39 is 12.1 Å². The summed E-state index contributed by atoms with van der Waals surface area (Å²) in [4.78, 5) is 11.4. The van der Waals surface area contributed by atoms with Crippen molar-refractivity contribution in [3.8, 4) is 5.75 Å². The van der Waals surface area contributed by atoms with Crippen LogP contribution in [0.1, 0.15) is 24.0 Å². The zero-order valence-electron chi connectivity index (χ0n) is 16.4. The summed E-state index contributed by atoms with van der Waals surface area (Å²) in [6, 6.07) is 19.0. The molecular weight excluding hydrogens is 385 g/mol. The number of benzene rings is 2. The van der Waals surface area contributed by atoms with E-state index in [0.717, 1.165) is 44.8 Å². The Hall–Kier alpha value is -2.58. The third-order valence-electron chi connectivity index (χ3n) is 3.99. The zero-order valence-corrected chi connectivity index (χ0v) is 16.4. The van der Waals surface area contributed by atoms with Crippen molar-refractivity contribution in [2.75, 3.05) is 20.2 Å². The van der Waals surface area contributed by atoms with Crippen LogP contribution in [0, 0.1) is 0 Å². The van der Waals surface area contributed by atoms with Gasteiger partial charge in [-0.3, -0.25) is 4.90 Å². The van der Waals surface area contributed by atoms with Gasteiger partial charge in [-0.1, -0.05) is 42.5 Å². The van der Waals surface area contributed by atoms with Crippen LogP contribution in [0.4, 0.5) is 13.2 Å². The Morgan fingerprint density at radius 1 is 1.00 bits per heavy atom. The summed E-state index contributed by atoms with van der Waals surface area (Å²) in [5, 5.41) is 7.12. The lowest BCUT2D eigenvalue weighted by molar-refractivity contribution is -0.192. The Bertz CT molecular complexity index is 707. The van der Waals surface area contributed by atoms with Crippen molar-refractivity contribution in [1.82, 2.24) is 4.90 Å². The van der Waals surface area contributed by atoms with Gasteiger partial charge in [0.15, 0.2) is 0 Å². The number of unbranched alkanes of at least 4 members (excludes halogenated alkanes) is 1. The van der Waals surface area contributed by atoms with Crippen LogP contribution in [0.3, 0.4) is 0 Å². The highest BCUT2D eigenvalue weighted by Crippen LogP contribution is 2.15. The van der Waals surface area contributed by atoms with Gasteiger partial charge in [0, 0.05) is 13.1 Å². The lowest BCUT2D eigenvalue weighted by Crippen LogP contribution is -2.24. The van der Waals surface area contributed by atoms with Crippen molar-refractivity contribution < 1.29 is 27.8 Å². The number of aliphatic carboxylic acids is 1. The molecule has 0 radical (unpaired) electrons. The standard InChI is InChI=1S/C19H26N2O.C2HF3O2/c1-22-19-11-9-18(10-12-19)16-21(14-6-5-13-20)15-17-7-3-2-4-8-17;3-2(4,5)1(6)7/h2-4,7-12H,5-6,13-16,20H2,1H3;(H,6,7). The number of ether oxygens (including phenoxy) is 1. The predicted octanol–water partition coefficient (Wildman–Crippen LogP) is 4.07. The molecule has 0 unspecified atom stereocenters. The van der Waals surface area contributed by atoms with Crippen LogP contribution < -0.4 is 10.5 Å². The van der Waals surface area contributed by atoms with Crippen LogP contribution in [0.15, 0.2) is 54.6 Å². The fourth-order valence-corrected chi connectivity index (χ4v) is 2.52. The molecule has 0 saturated heterocycles. The summed E-state index contributed by atoms with van der Waals surface area (Å²) < 4.78 is 37.0. The molecule has 0 aliphatic heterocycles. The summed E-state index contributed by atoms with van der Waals surface area (Å²) in [5.74, 6) is -1.85. The topological polar surface area (TPSA) is 75.8 Å². The average molecular weight is 412 g/mol. The maximum atomic E-state index is 10.6. The van der Waals surface area contributed by atoms with Gasteiger partial charge >= 0.3 is 12.1 Å². The number of nitrogens with zero attached hydrogens (tertiary/aromatic N) is 1. The van der Waals surface area contributed by atoms with E-state index in [1.165, 1.54) is 11.1 Å². The summed E-state index contributed by atoms with van der Waals surface area (Å²) in [7, 11) is 1.70. The van der Waals surface area contributed by atoms with Crippen LogP contribution in [0.5, 0.6) is 5.75 Å². The molecule has 0 bridgehead atoms. The van der Waals surface area contributed by atoms with Crippen LogP contribution >= 0.6 is 0 Å². The zero-order chi connectivity index (χ0) is 21.7. The Balaban J connectivity index is 0.000000516. The van der Waals surface area contributed by atoms with Gasteiger partial charge < -0.3 is 15.6 Å². The molecule has 2 aromatic carbocycles. The number of nitrogens with two attached hydrogens (primary N) is 1. The van der Waals surface area contributed by atoms with Crippen molar-refractivity contribution in [3.05, 3.63) is 65.7 Å². The molecule has 0 fully saturated rings. The first-order valence-corrected chi connectivity index (χ1v) is 9.15. The quantitative estimate of drug-likeness (QED) is 0.608. The Morgan fingerprint density at radius 2 is 1.52 bits per heavy atom. The highest BCUT2D eigenvalue weighted by Gasteiger charge is 2.38. The second kappa shape index (κ2) is 12.8. The minimum absolute atomic E-state index is 0.766. The monoisotopic (exact) mass is 412 g/mol. The molecule has 0 spiro atoms. The highest BCUT2D eigenvalue weighted by atomic mass is 19.4. The number of methoxy groups -OCH3 is 1. The number of carbonyl (C=O) groups is 1. The van der Waals surface area contributed by atoms with Crippen molar-refractivity contribution >= 4 is 5.97 Å². The fraction of sp³-hybridized carbons (Fsp3) is 0.381. The van der Waals surface area contributed by atoms with E-state index in [0.29, 0.717) is 0 Å². The van der Waals surface area contributed by atoms with Crippen LogP contribution in [0.25, 0.3) is 0 Å². The first-order chi connectivity index (χ1) is 13.8. The molecule has 29 heavy (non-hydrogen) atoms. The molecule has 0 aliphatic rings. The van der Waals surface area contributed by atoms with Crippen molar-refractivity contribution in [2.24, 2.45) is 5.73 Å². The maximum absolute atomic E-state index is 10.6. The molecule has 5 nitrogen and oxygen atoms in total. The van der Waals surface area contributed by atoms with E-state index in [-0.39, 0.29) is 0 Å². The number of carboxylic acids is 1. The number of carboxylic acid groups (broad SMARTS) is 1. The molecule has 0 heterocycles. The van der Waals surface area contributed by atoms with E-state index in [4.69, 9.17) is 20.4 Å². The molecule has 0 atom stereocenters. The minimum atomic E-state index is -5.08. The molecule has 0 aliphatic carbocycles. The maximum Gasteiger partial charge on any atom is 0.490 e. The van der Waals surface area contributed by atoms with Gasteiger partial charge in [0.05, 0.1) is 7.11 Å². The molecular formula is C21H27F3N2O3. The Morgan fingerprint density at radius 3 is 1.97 bits per heavy atom. The summed E-state index contributed by atoms with van der Waals surface area (Å²) >= 11 is 0. The Labute approximate surface area is 168 Å². The van der Waals surface area contributed by atoms with Gasteiger partial charge in [-0.15, -0.1) is 0 Å². The van der Waals surface area contributed by atoms with Crippen LogP contribution in [-0.4, -0.2) is 42.4 Å². The molecule has 0 saturated carbocycles. The van der Waals surface area contributed by atoms with Crippen LogP contribution in [-0.2, 0) is 17.9 Å². The van der Waals surface area contributed by atoms with Gasteiger partial charge in [-0.2, -0.15) is 13.2 Å². The first kappa shape index (κ1) is 24.5. The molecule has 0 amide bonds. The normalized spacial score (nSPS) is 11.0. The van der Waals surface area contributed by atoms with Crippen molar-refractivity contribution in [3.63, 3.8) is 0 Å². The average Bonchev–Trinajstić information content (AvgIpc) is 2.69. The van der Waals surface area contributed by atoms with Crippen molar-refractivity contribution in [1.29, 1.82) is 0 Å². The predicted molar refractivity (Wildman–Crippen MR) is 106 cm³/mol. The number of hydrogen-bond acceptors (Lipinski definition) is 4. The molecule has 8 heteroatoms. The van der Waals surface area contributed by atoms with Gasteiger partial charge in [0.25, 0.3) is 0 Å². The highest BCUT2D eigenvalue weighted by molar-refractivity contribution is 5.73. The molecule has 2 rings (SSSR count). The fourth-order valence-electron chi connectivity index (χ4n) is 2.52. The van der Waals surface area contributed by atoms with E-state index >= 15 is 0 Å². The summed E-state index contributed by atoms with van der Waals surface area (Å²) in [6.45, 7) is 3.75. The molecule has 0 aromatic heterocycles. The second-order valence-corrected chi connectivity index (χ2v) is 6.34. The smallest absolute Gasteiger partial charge is 0.490 e. The third-order valence-corrected chi connectivity index (χ3v) is 3.99. The van der Waals surface area contributed by atoms with Gasteiger partial charge in [-0.05, 0) is 49.2 Å². The first-order valence-electron chi connectivity index (χ1n) is 9.15. The summed E-state index contributed by atoms with van der Waals surface area (Å²) in [6.07, 6.45) is -2.87. The van der Waals surface area contributed by atoms with Gasteiger partial charge in [-0.25, -0.2) is 4.79 Å². The number of halogens is 3. The summed E-state index contributed by atoms with van der Waals surface area (Å²) in [5.41, 5.74) is 8.28. The van der Waals surface area contributed by atoms with E-state index in [1.807, 2.05) is 12.1 Å². The largest absolute Gasteiger partial charge is 0.497 e.